The number of hydrogen-bond donors (Lipinski definition) is 3. The van der Waals surface area contributed by atoms with Crippen LogP contribution in [0, 0.1) is 22.7 Å². The number of Topliss-reactive ketones (excluding diaryl/α,β-unsaturated/α-hetero) is 1. The van der Waals surface area contributed by atoms with E-state index in [1.54, 1.807) is 130 Å². The first-order valence-corrected chi connectivity index (χ1v) is 28.7. The summed E-state index contributed by atoms with van der Waals surface area (Å²) in [6, 6.07) is 23.2. The maximum Gasteiger partial charge on any atom is 0.511 e. The molecule has 19 heteroatoms. The average Bonchev–Trinajstić information content (AvgIpc) is 3.51. The summed E-state index contributed by atoms with van der Waals surface area (Å²) in [6.45, 7) is 8.17. The number of hydrogen-bond acceptors (Lipinski definition) is 18. The Morgan fingerprint density at radius 3 is 2.08 bits per heavy atom. The van der Waals surface area contributed by atoms with Gasteiger partial charge in [0.05, 0.1) is 29.5 Å². The van der Waals surface area contributed by atoms with Crippen molar-refractivity contribution in [1.82, 2.24) is 5.32 Å². The summed E-state index contributed by atoms with van der Waals surface area (Å²) in [5.74, 6) is -6.29. The molecule has 0 spiro atoms. The second-order valence-corrected chi connectivity index (χ2v) is 23.2. The molecule has 3 aliphatic carbocycles. The number of esters is 4. The van der Waals surface area contributed by atoms with Crippen LogP contribution in [0.15, 0.2) is 102 Å². The monoisotopic (exact) mass is 1100 g/mol. The summed E-state index contributed by atoms with van der Waals surface area (Å²) in [7, 11) is 0. The average molecular weight is 1100 g/mol. The summed E-state index contributed by atoms with van der Waals surface area (Å²) >= 11 is 3.59. The number of unbranched alkanes of at least 4 members (excludes halogenated alkanes) is 1. The Balaban J connectivity index is 1.24. The molecule has 12 atom stereocenters. The Hall–Kier alpha value is -5.73. The number of nitrogens with one attached hydrogen (secondary N) is 1. The second-order valence-electron chi connectivity index (χ2n) is 21.1. The fourth-order valence-corrected chi connectivity index (χ4v) is 13.6. The van der Waals surface area contributed by atoms with Gasteiger partial charge in [0.2, 0.25) is 6.79 Å². The minimum Gasteiger partial charge on any atom is -0.456 e. The van der Waals surface area contributed by atoms with Crippen LogP contribution in [0.5, 0.6) is 0 Å². The molecule has 0 radical (unpaired) electrons. The second kappa shape index (κ2) is 24.9. The Bertz CT molecular complexity index is 2650. The smallest absolute Gasteiger partial charge is 0.456 e. The van der Waals surface area contributed by atoms with Crippen molar-refractivity contribution in [3.05, 3.63) is 119 Å². The molecule has 2 saturated carbocycles. The molecule has 2 bridgehead atoms. The van der Waals surface area contributed by atoms with Crippen molar-refractivity contribution >= 4 is 65.2 Å². The molecule has 3 fully saturated rings. The molecule has 3 aromatic carbocycles. The first-order valence-electron chi connectivity index (χ1n) is 26.0. The lowest BCUT2D eigenvalue weighted by atomic mass is 9.43. The number of aliphatic hydroxyl groups is 2. The molecule has 4 aliphatic rings. The van der Waals surface area contributed by atoms with Crippen molar-refractivity contribution in [3.63, 3.8) is 0 Å². The van der Waals surface area contributed by atoms with Crippen LogP contribution in [-0.4, -0.2) is 131 Å². The highest BCUT2D eigenvalue weighted by molar-refractivity contribution is 7.99. The number of thioether (sulfide) groups is 2. The molecule has 4 unspecified atom stereocenters. The number of ether oxygens (including phenoxy) is 7. The Labute approximate surface area is 458 Å². The van der Waals surface area contributed by atoms with Crippen LogP contribution in [0.3, 0.4) is 0 Å². The van der Waals surface area contributed by atoms with Crippen molar-refractivity contribution in [3.8, 4) is 0 Å². The van der Waals surface area contributed by atoms with E-state index in [1.807, 2.05) is 0 Å². The summed E-state index contributed by atoms with van der Waals surface area (Å²) in [4.78, 5) is 98.5. The normalized spacial score (nSPS) is 28.3. The van der Waals surface area contributed by atoms with Gasteiger partial charge in [-0.15, -0.1) is 0 Å². The van der Waals surface area contributed by atoms with Gasteiger partial charge >= 0.3 is 30.0 Å². The predicted molar refractivity (Wildman–Crippen MR) is 286 cm³/mol. The lowest BCUT2D eigenvalue weighted by molar-refractivity contribution is -0.345. The van der Waals surface area contributed by atoms with Crippen LogP contribution >= 0.6 is 23.5 Å². The van der Waals surface area contributed by atoms with Crippen LogP contribution in [-0.2, 0) is 52.3 Å². The zero-order valence-corrected chi connectivity index (χ0v) is 46.5. The third-order valence-electron chi connectivity index (χ3n) is 16.3. The van der Waals surface area contributed by atoms with E-state index in [1.165, 1.54) is 26.0 Å². The van der Waals surface area contributed by atoms with E-state index in [2.05, 4.69) is 17.8 Å². The molecule has 7 rings (SSSR count). The number of benzene rings is 3. The third kappa shape index (κ3) is 12.1. The molecule has 0 aromatic heterocycles. The molecule has 3 aromatic rings. The van der Waals surface area contributed by atoms with Crippen molar-refractivity contribution in [2.45, 2.75) is 140 Å². The molecule has 3 N–H and O–H groups in total. The fourth-order valence-electron chi connectivity index (χ4n) is 12.2. The van der Waals surface area contributed by atoms with Gasteiger partial charge in [-0.2, -0.15) is 23.5 Å². The number of amides is 1. The van der Waals surface area contributed by atoms with Gasteiger partial charge in [-0.05, 0) is 92.3 Å². The molecule has 1 aliphatic heterocycles. The topological polar surface area (TPSA) is 237 Å². The largest absolute Gasteiger partial charge is 0.511 e. The van der Waals surface area contributed by atoms with E-state index >= 15 is 4.79 Å². The zero-order valence-electron chi connectivity index (χ0n) is 44.9. The van der Waals surface area contributed by atoms with Crippen LogP contribution in [0.1, 0.15) is 119 Å². The van der Waals surface area contributed by atoms with Gasteiger partial charge in [-0.1, -0.05) is 93.9 Å². The number of carbonyl (C=O) groups excluding carboxylic acids is 7. The summed E-state index contributed by atoms with van der Waals surface area (Å²) in [5, 5.41) is 29.2. The molecular weight excluding hydrogens is 1030 g/mol. The minimum atomic E-state index is -2.34. The number of aliphatic hydroxyl groups excluding tert-OH is 1. The quantitative estimate of drug-likeness (QED) is 0.0300. The molecule has 17 nitrogen and oxygen atoms in total. The minimum absolute atomic E-state index is 0.0655. The van der Waals surface area contributed by atoms with E-state index < -0.39 is 125 Å². The molecule has 416 valence electrons. The first-order chi connectivity index (χ1) is 36.6. The Kier molecular flexibility index (Phi) is 19.1. The molecule has 1 heterocycles. The van der Waals surface area contributed by atoms with Crippen molar-refractivity contribution in [2.24, 2.45) is 22.7 Å². The molecule has 77 heavy (non-hydrogen) atoms. The highest BCUT2D eigenvalue weighted by Gasteiger charge is 2.78. The number of rotatable bonds is 21. The van der Waals surface area contributed by atoms with Crippen LogP contribution in [0.4, 0.5) is 4.79 Å². The van der Waals surface area contributed by atoms with Crippen molar-refractivity contribution in [1.29, 1.82) is 0 Å². The summed E-state index contributed by atoms with van der Waals surface area (Å²) in [5.41, 5.74) is -6.26. The van der Waals surface area contributed by atoms with Crippen LogP contribution in [0.2, 0.25) is 0 Å². The zero-order chi connectivity index (χ0) is 55.9. The highest BCUT2D eigenvalue weighted by Crippen LogP contribution is 2.65. The number of ketones is 1. The lowest BCUT2D eigenvalue weighted by Gasteiger charge is -2.67. The van der Waals surface area contributed by atoms with E-state index in [4.69, 9.17) is 33.2 Å². The van der Waals surface area contributed by atoms with Crippen LogP contribution < -0.4 is 5.32 Å². The van der Waals surface area contributed by atoms with E-state index in [9.17, 15) is 39.0 Å². The number of fused-ring (bicyclic) bond motifs is 5. The SMILES string of the molecule is CSCCC(CCCCC(=O)OCOC(=O)O[C@H]1CC2OC[C@@]2(OC(C)=O)[C@H]2[C@H](OC(=O)c3ccccc3)[C@]3(O)CC(OC(=O)C(O)[C@@H](NC(=O)c4ccccc4)c4ccccc4)C(C)=C([C@@H](C)C(=O)[C@]12C)C3(C)C)SC. The van der Waals surface area contributed by atoms with E-state index in [-0.39, 0.29) is 30.6 Å². The summed E-state index contributed by atoms with van der Waals surface area (Å²) in [6.07, 6.45) is -2.15. The van der Waals surface area contributed by atoms with E-state index in [0.29, 0.717) is 28.4 Å². The van der Waals surface area contributed by atoms with Gasteiger partial charge in [-0.25, -0.2) is 14.4 Å². The first kappa shape index (κ1) is 58.9. The lowest BCUT2D eigenvalue weighted by Crippen LogP contribution is -2.81. The molecule has 1 amide bonds. The van der Waals surface area contributed by atoms with Gasteiger partial charge in [0.15, 0.2) is 11.7 Å². The Morgan fingerprint density at radius 2 is 1.48 bits per heavy atom. The van der Waals surface area contributed by atoms with Gasteiger partial charge in [0.25, 0.3) is 5.91 Å². The maximum atomic E-state index is 16.0. The highest BCUT2D eigenvalue weighted by atomic mass is 32.2. The third-order valence-corrected chi connectivity index (χ3v) is 18.0. The van der Waals surface area contributed by atoms with Crippen molar-refractivity contribution in [2.75, 3.05) is 31.7 Å². The van der Waals surface area contributed by atoms with Crippen LogP contribution in [0.25, 0.3) is 0 Å². The van der Waals surface area contributed by atoms with Crippen molar-refractivity contribution < 1.29 is 76.9 Å². The molecule has 1 saturated heterocycles. The van der Waals surface area contributed by atoms with Gasteiger partial charge in [-0.3, -0.25) is 19.2 Å². The standard InChI is InChI=1S/C58H71NO16S2/c1-34-41(72-53(66)47(62)46(37-20-12-9-13-21-37)59-51(64)38-22-14-10-15-23-38)31-58(68)50(74-52(65)39-24-16-11-17-25-39)48-56(6,49(63)35(2)45(34)55(58,4)5)42(30-43-57(48,32-69-43)75-36(3)60)73-54(67)71-33-70-44(61)27-19-18-26-40(77-8)28-29-76-7/h9-17,20-25,35,40-43,46-48,50,62,68H,18-19,26-33H2,1-8H3,(H,59,64)/t35-,40?,41?,42+,43?,46+,47?,48+,50+,56-,57+,58-/m1/s1. The molecular formula is C58H71NO16S2. The number of carbonyl (C=O) groups is 7. The van der Waals surface area contributed by atoms with Gasteiger partial charge in [0, 0.05) is 48.3 Å². The Morgan fingerprint density at radius 1 is 0.844 bits per heavy atom. The van der Waals surface area contributed by atoms with Gasteiger partial charge < -0.3 is 48.7 Å². The summed E-state index contributed by atoms with van der Waals surface area (Å²) < 4.78 is 41.7. The predicted octanol–water partition coefficient (Wildman–Crippen LogP) is 8.15. The maximum absolute atomic E-state index is 16.0. The van der Waals surface area contributed by atoms with Gasteiger partial charge in [0.1, 0.15) is 35.8 Å². The fraction of sp³-hybridized carbons (Fsp3) is 0.534. The van der Waals surface area contributed by atoms with E-state index in [0.717, 1.165) is 25.0 Å².